The average molecular weight is 401 g/mol. The van der Waals surface area contributed by atoms with Crippen molar-refractivity contribution < 1.29 is 17.6 Å². The molecule has 0 unspecified atom stereocenters. The van der Waals surface area contributed by atoms with Crippen molar-refractivity contribution >= 4 is 33.1 Å². The van der Waals surface area contributed by atoms with Crippen LogP contribution >= 0.6 is 0 Å². The molecular formula is C20H20FN3O3S. The van der Waals surface area contributed by atoms with Crippen LogP contribution in [0.25, 0.3) is 0 Å². The van der Waals surface area contributed by atoms with E-state index in [-0.39, 0.29) is 16.1 Å². The van der Waals surface area contributed by atoms with Gasteiger partial charge in [0.2, 0.25) is 0 Å². The van der Waals surface area contributed by atoms with Gasteiger partial charge in [-0.3, -0.25) is 4.79 Å². The number of halogens is 1. The number of hydrogen-bond donors (Lipinski definition) is 1. The lowest BCUT2D eigenvalue weighted by Crippen LogP contribution is -2.35. The van der Waals surface area contributed by atoms with Gasteiger partial charge in [-0.2, -0.15) is 8.42 Å². The number of hydrogen-bond acceptors (Lipinski definition) is 4. The molecule has 0 aliphatic carbocycles. The van der Waals surface area contributed by atoms with Gasteiger partial charge in [0.25, 0.3) is 15.9 Å². The number of nitrogens with one attached hydrogen (secondary N) is 1. The van der Waals surface area contributed by atoms with Gasteiger partial charge in [-0.25, -0.2) is 4.39 Å². The van der Waals surface area contributed by atoms with Crippen molar-refractivity contribution in [1.82, 2.24) is 0 Å². The zero-order chi connectivity index (χ0) is 19.9. The van der Waals surface area contributed by atoms with E-state index in [2.05, 4.69) is 9.71 Å². The van der Waals surface area contributed by atoms with Crippen molar-refractivity contribution in [3.63, 3.8) is 0 Å². The van der Waals surface area contributed by atoms with Crippen LogP contribution in [0.5, 0.6) is 0 Å². The van der Waals surface area contributed by atoms with E-state index in [1.807, 2.05) is 4.90 Å². The first-order valence-corrected chi connectivity index (χ1v) is 10.6. The maximum Gasteiger partial charge on any atom is 0.286 e. The molecule has 4 rings (SSSR count). The summed E-state index contributed by atoms with van der Waals surface area (Å²) in [6, 6.07) is 8.99. The first-order valence-electron chi connectivity index (χ1n) is 9.18. The maximum absolute atomic E-state index is 14.0. The Kier molecular flexibility index (Phi) is 4.66. The summed E-state index contributed by atoms with van der Waals surface area (Å²) in [5.41, 5.74) is 1.46. The van der Waals surface area contributed by atoms with Crippen LogP contribution in [0.4, 0.5) is 15.8 Å². The Bertz CT molecular complexity index is 1100. The number of benzene rings is 2. The van der Waals surface area contributed by atoms with Crippen LogP contribution in [0.3, 0.4) is 0 Å². The number of fused-ring (bicyclic) bond motifs is 3. The predicted molar refractivity (Wildman–Crippen MR) is 106 cm³/mol. The summed E-state index contributed by atoms with van der Waals surface area (Å²) in [5.74, 6) is -0.562. The number of carbonyl (C=O) groups excluding carboxylic acids is 1. The summed E-state index contributed by atoms with van der Waals surface area (Å²) in [4.78, 5) is 14.5. The summed E-state index contributed by atoms with van der Waals surface area (Å²) < 4.78 is 43.3. The fourth-order valence-electron chi connectivity index (χ4n) is 3.54. The highest BCUT2D eigenvalue weighted by Crippen LogP contribution is 2.35. The Morgan fingerprint density at radius 3 is 2.75 bits per heavy atom. The summed E-state index contributed by atoms with van der Waals surface area (Å²) in [6.07, 6.45) is 3.50. The molecule has 0 saturated carbocycles. The third-order valence-corrected chi connectivity index (χ3v) is 6.32. The zero-order valence-electron chi connectivity index (χ0n) is 15.4. The number of anilines is 2. The largest absolute Gasteiger partial charge is 0.328 e. The maximum atomic E-state index is 14.0. The van der Waals surface area contributed by atoms with E-state index in [0.717, 1.165) is 24.8 Å². The molecule has 2 aliphatic rings. The van der Waals surface area contributed by atoms with E-state index in [1.165, 1.54) is 18.2 Å². The van der Waals surface area contributed by atoms with Crippen LogP contribution in [0, 0.1) is 12.7 Å². The molecule has 8 heteroatoms. The lowest BCUT2D eigenvalue weighted by Gasteiger charge is -2.29. The van der Waals surface area contributed by atoms with Crippen molar-refractivity contribution in [3.8, 4) is 0 Å². The van der Waals surface area contributed by atoms with Gasteiger partial charge in [0, 0.05) is 18.5 Å². The van der Waals surface area contributed by atoms with Crippen LogP contribution in [0.15, 0.2) is 45.7 Å². The molecular weight excluding hydrogens is 381 g/mol. The molecule has 6 nitrogen and oxygen atoms in total. The van der Waals surface area contributed by atoms with E-state index >= 15 is 0 Å². The molecule has 2 aliphatic heterocycles. The normalized spacial score (nSPS) is 17.8. The number of amides is 1. The second kappa shape index (κ2) is 7.01. The van der Waals surface area contributed by atoms with Crippen LogP contribution < -0.4 is 10.2 Å². The van der Waals surface area contributed by atoms with E-state index in [9.17, 15) is 17.6 Å². The van der Waals surface area contributed by atoms with Gasteiger partial charge in [0.1, 0.15) is 16.5 Å². The van der Waals surface area contributed by atoms with E-state index in [4.69, 9.17) is 0 Å². The molecule has 2 aromatic rings. The Balaban J connectivity index is 1.68. The minimum absolute atomic E-state index is 0.00942. The van der Waals surface area contributed by atoms with Gasteiger partial charge >= 0.3 is 0 Å². The molecule has 0 bridgehead atoms. The minimum atomic E-state index is -3.88. The Hall–Kier alpha value is -2.74. The van der Waals surface area contributed by atoms with Crippen molar-refractivity contribution in [2.24, 2.45) is 4.40 Å². The molecule has 146 valence electrons. The number of nitrogens with zero attached hydrogens (tertiary/aromatic N) is 2. The van der Waals surface area contributed by atoms with Crippen molar-refractivity contribution in [2.45, 2.75) is 37.5 Å². The summed E-state index contributed by atoms with van der Waals surface area (Å²) >= 11 is 0. The molecule has 1 N–H and O–H groups in total. The Morgan fingerprint density at radius 1 is 1.14 bits per heavy atom. The first-order chi connectivity index (χ1) is 13.3. The lowest BCUT2D eigenvalue weighted by atomic mass is 10.1. The summed E-state index contributed by atoms with van der Waals surface area (Å²) in [5, 5.41) is 2.50. The number of aryl methyl sites for hydroxylation is 1. The monoisotopic (exact) mass is 401 g/mol. The van der Waals surface area contributed by atoms with Gasteiger partial charge in [-0.15, -0.1) is 4.40 Å². The Morgan fingerprint density at radius 2 is 1.96 bits per heavy atom. The molecule has 2 heterocycles. The molecule has 1 amide bonds. The topological polar surface area (TPSA) is 78.8 Å². The van der Waals surface area contributed by atoms with E-state index < -0.39 is 21.7 Å². The third kappa shape index (κ3) is 3.40. The molecule has 28 heavy (non-hydrogen) atoms. The van der Waals surface area contributed by atoms with Crippen LogP contribution in [-0.4, -0.2) is 26.7 Å². The Labute approximate surface area is 163 Å². The van der Waals surface area contributed by atoms with Gasteiger partial charge in [-0.05, 0) is 55.7 Å². The molecule has 2 aromatic carbocycles. The van der Waals surface area contributed by atoms with Crippen molar-refractivity contribution in [1.29, 1.82) is 0 Å². The van der Waals surface area contributed by atoms with E-state index in [0.29, 0.717) is 24.5 Å². The lowest BCUT2D eigenvalue weighted by molar-refractivity contribution is 0.102. The van der Waals surface area contributed by atoms with Crippen molar-refractivity contribution in [2.75, 3.05) is 16.8 Å². The summed E-state index contributed by atoms with van der Waals surface area (Å²) in [7, 11) is -3.88. The number of amidine groups is 1. The zero-order valence-corrected chi connectivity index (χ0v) is 16.2. The van der Waals surface area contributed by atoms with Crippen molar-refractivity contribution in [3.05, 3.63) is 53.3 Å². The number of sulfonamides is 1. The SMILES string of the molecule is Cc1ccc(NC(=O)c2ccc3c(c2)S(=O)(=O)N=C2CCCCCN23)c(F)c1. The number of carbonyl (C=O) groups is 1. The van der Waals surface area contributed by atoms with E-state index in [1.54, 1.807) is 25.1 Å². The van der Waals surface area contributed by atoms with Gasteiger partial charge in [0.15, 0.2) is 0 Å². The fourth-order valence-corrected chi connectivity index (χ4v) is 4.82. The standard InChI is InChI=1S/C20H20FN3O3S/c1-13-6-8-16(15(21)11-13)22-20(25)14-7-9-17-18(12-14)28(26,27)23-19-5-3-2-4-10-24(17)19/h6-9,11-12H,2-5,10H2,1H3,(H,22,25). The van der Waals surface area contributed by atoms with Gasteiger partial charge in [-0.1, -0.05) is 12.5 Å². The highest BCUT2D eigenvalue weighted by atomic mass is 32.2. The molecule has 0 radical (unpaired) electrons. The van der Waals surface area contributed by atoms with Crippen LogP contribution in [-0.2, 0) is 10.0 Å². The number of rotatable bonds is 2. The highest BCUT2D eigenvalue weighted by Gasteiger charge is 2.32. The second-order valence-electron chi connectivity index (χ2n) is 7.06. The molecule has 0 spiro atoms. The second-order valence-corrected chi connectivity index (χ2v) is 8.64. The van der Waals surface area contributed by atoms with Gasteiger partial charge < -0.3 is 10.2 Å². The highest BCUT2D eigenvalue weighted by molar-refractivity contribution is 7.90. The molecule has 0 aromatic heterocycles. The van der Waals surface area contributed by atoms with Crippen LogP contribution in [0.1, 0.15) is 41.6 Å². The van der Waals surface area contributed by atoms with Gasteiger partial charge in [0.05, 0.1) is 11.4 Å². The first kappa shape index (κ1) is 18.6. The fraction of sp³-hybridized carbons (Fsp3) is 0.300. The molecule has 1 saturated heterocycles. The molecule has 1 fully saturated rings. The minimum Gasteiger partial charge on any atom is -0.328 e. The predicted octanol–water partition coefficient (Wildman–Crippen LogP) is 3.87. The quantitative estimate of drug-likeness (QED) is 0.829. The molecule has 0 atom stereocenters. The average Bonchev–Trinajstić information content (AvgIpc) is 2.88. The van der Waals surface area contributed by atoms with Crippen LogP contribution in [0.2, 0.25) is 0 Å². The smallest absolute Gasteiger partial charge is 0.286 e. The third-order valence-electron chi connectivity index (χ3n) is 4.98. The summed E-state index contributed by atoms with van der Waals surface area (Å²) in [6.45, 7) is 2.45.